The summed E-state index contributed by atoms with van der Waals surface area (Å²) in [6.07, 6.45) is 1.06. The zero-order valence-electron chi connectivity index (χ0n) is 10.6. The van der Waals surface area contributed by atoms with Crippen molar-refractivity contribution in [3.8, 4) is 0 Å². The molecule has 0 bridgehead atoms. The molecule has 3 heteroatoms. The molecule has 2 atom stereocenters. The zero-order chi connectivity index (χ0) is 13.2. The van der Waals surface area contributed by atoms with Crippen LogP contribution in [0.25, 0.3) is 0 Å². The molecule has 3 rings (SSSR count). The first-order valence-corrected chi connectivity index (χ1v) is 7.87. The van der Waals surface area contributed by atoms with Crippen LogP contribution < -0.4 is 5.73 Å². The lowest BCUT2D eigenvalue weighted by atomic mass is 10.1. The average molecular weight is 290 g/mol. The van der Waals surface area contributed by atoms with Crippen LogP contribution in [0.4, 0.5) is 0 Å². The van der Waals surface area contributed by atoms with Crippen LogP contribution >= 0.6 is 23.4 Å². The van der Waals surface area contributed by atoms with Crippen molar-refractivity contribution in [1.82, 2.24) is 0 Å². The van der Waals surface area contributed by atoms with E-state index in [-0.39, 0.29) is 6.04 Å². The molecule has 0 aliphatic heterocycles. The van der Waals surface area contributed by atoms with Crippen molar-refractivity contribution in [3.05, 3.63) is 70.2 Å². The number of hydrogen-bond donors (Lipinski definition) is 1. The summed E-state index contributed by atoms with van der Waals surface area (Å²) in [5.74, 6) is 0.923. The molecule has 1 aliphatic carbocycles. The molecule has 0 saturated heterocycles. The van der Waals surface area contributed by atoms with Gasteiger partial charge >= 0.3 is 0 Å². The van der Waals surface area contributed by atoms with E-state index in [2.05, 4.69) is 30.3 Å². The summed E-state index contributed by atoms with van der Waals surface area (Å²) in [5, 5.41) is 1.30. The first-order chi connectivity index (χ1) is 9.25. The van der Waals surface area contributed by atoms with E-state index in [4.69, 9.17) is 17.3 Å². The van der Waals surface area contributed by atoms with Gasteiger partial charge in [0, 0.05) is 22.1 Å². The molecular weight excluding hydrogens is 274 g/mol. The Labute approximate surface area is 123 Å². The maximum absolute atomic E-state index is 6.34. The van der Waals surface area contributed by atoms with Crippen LogP contribution in [0, 0.1) is 0 Å². The van der Waals surface area contributed by atoms with Gasteiger partial charge in [0.1, 0.15) is 0 Å². The van der Waals surface area contributed by atoms with Gasteiger partial charge in [-0.15, -0.1) is 0 Å². The summed E-state index contributed by atoms with van der Waals surface area (Å²) in [5.41, 5.74) is 10.2. The van der Waals surface area contributed by atoms with E-state index < -0.39 is 0 Å². The fourth-order valence-corrected chi connectivity index (χ4v) is 4.14. The Morgan fingerprint density at radius 1 is 1.11 bits per heavy atom. The molecule has 0 aromatic heterocycles. The smallest absolute Gasteiger partial charge is 0.0446 e. The van der Waals surface area contributed by atoms with Gasteiger partial charge in [-0.1, -0.05) is 54.1 Å². The lowest BCUT2D eigenvalue weighted by Crippen LogP contribution is -2.19. The third-order valence-corrected chi connectivity index (χ3v) is 5.38. The molecule has 98 valence electrons. The summed E-state index contributed by atoms with van der Waals surface area (Å²) in [6, 6.07) is 16.7. The lowest BCUT2D eigenvalue weighted by molar-refractivity contribution is 0.731. The van der Waals surface area contributed by atoms with Gasteiger partial charge in [0.25, 0.3) is 0 Å². The van der Waals surface area contributed by atoms with Crippen molar-refractivity contribution in [2.45, 2.75) is 23.5 Å². The van der Waals surface area contributed by atoms with Crippen molar-refractivity contribution < 1.29 is 0 Å². The highest BCUT2D eigenvalue weighted by Gasteiger charge is 2.29. The highest BCUT2D eigenvalue weighted by atomic mass is 35.5. The van der Waals surface area contributed by atoms with Crippen molar-refractivity contribution in [2.75, 3.05) is 0 Å². The fraction of sp³-hybridized carbons (Fsp3) is 0.250. The van der Waals surface area contributed by atoms with E-state index >= 15 is 0 Å². The Morgan fingerprint density at radius 2 is 1.84 bits per heavy atom. The number of fused-ring (bicyclic) bond motifs is 1. The molecule has 19 heavy (non-hydrogen) atoms. The van der Waals surface area contributed by atoms with Gasteiger partial charge in [-0.05, 0) is 29.2 Å². The van der Waals surface area contributed by atoms with Crippen LogP contribution in [-0.2, 0) is 12.2 Å². The standard InChI is InChI=1S/C16H16ClNS/c17-14-8-4-2-6-12(14)10-19-15-9-11-5-1-3-7-13(11)16(15)18/h1-8,15-16H,9-10,18H2. The predicted octanol–water partition coefficient (Wildman–Crippen LogP) is 4.20. The molecule has 0 amide bonds. The van der Waals surface area contributed by atoms with Crippen molar-refractivity contribution in [3.63, 3.8) is 0 Å². The minimum Gasteiger partial charge on any atom is -0.323 e. The molecule has 0 fully saturated rings. The molecule has 1 nitrogen and oxygen atoms in total. The highest BCUT2D eigenvalue weighted by Crippen LogP contribution is 2.38. The van der Waals surface area contributed by atoms with Crippen LogP contribution in [0.2, 0.25) is 5.02 Å². The van der Waals surface area contributed by atoms with Crippen LogP contribution in [0.1, 0.15) is 22.7 Å². The average Bonchev–Trinajstić information content (AvgIpc) is 2.75. The SMILES string of the molecule is NC1c2ccccc2CC1SCc1ccccc1Cl. The number of rotatable bonds is 3. The monoisotopic (exact) mass is 289 g/mol. The molecule has 0 heterocycles. The summed E-state index contributed by atoms with van der Waals surface area (Å²) in [6.45, 7) is 0. The normalized spacial score (nSPS) is 21.4. The largest absolute Gasteiger partial charge is 0.323 e. The second-order valence-electron chi connectivity index (χ2n) is 4.87. The van der Waals surface area contributed by atoms with E-state index in [0.717, 1.165) is 17.2 Å². The Balaban J connectivity index is 1.69. The van der Waals surface area contributed by atoms with Gasteiger partial charge in [0.05, 0.1) is 0 Å². The van der Waals surface area contributed by atoms with E-state index in [9.17, 15) is 0 Å². The molecule has 2 aromatic rings. The summed E-state index contributed by atoms with van der Waals surface area (Å²) in [7, 11) is 0. The second-order valence-corrected chi connectivity index (χ2v) is 6.50. The van der Waals surface area contributed by atoms with Crippen molar-refractivity contribution >= 4 is 23.4 Å². The zero-order valence-corrected chi connectivity index (χ0v) is 12.1. The molecule has 0 radical (unpaired) electrons. The third kappa shape index (κ3) is 2.66. The minimum absolute atomic E-state index is 0.142. The fourth-order valence-electron chi connectivity index (χ4n) is 2.56. The molecule has 2 unspecified atom stereocenters. The van der Waals surface area contributed by atoms with Crippen LogP contribution in [0.5, 0.6) is 0 Å². The van der Waals surface area contributed by atoms with Crippen LogP contribution in [0.15, 0.2) is 48.5 Å². The Bertz CT molecular complexity index is 584. The van der Waals surface area contributed by atoms with E-state index in [1.54, 1.807) is 0 Å². The number of nitrogens with two attached hydrogens (primary N) is 1. The Hall–Kier alpha value is -0.960. The second kappa shape index (κ2) is 5.58. The molecule has 1 aliphatic rings. The molecule has 0 saturated carbocycles. The Morgan fingerprint density at radius 3 is 2.63 bits per heavy atom. The van der Waals surface area contributed by atoms with Crippen LogP contribution in [-0.4, -0.2) is 5.25 Å². The molecule has 2 aromatic carbocycles. The van der Waals surface area contributed by atoms with Gasteiger partial charge in [-0.3, -0.25) is 0 Å². The van der Waals surface area contributed by atoms with Gasteiger partial charge in [0.2, 0.25) is 0 Å². The molecule has 0 spiro atoms. The number of hydrogen-bond acceptors (Lipinski definition) is 2. The first-order valence-electron chi connectivity index (χ1n) is 6.44. The quantitative estimate of drug-likeness (QED) is 0.916. The molecule has 2 N–H and O–H groups in total. The van der Waals surface area contributed by atoms with E-state index in [1.165, 1.54) is 16.7 Å². The van der Waals surface area contributed by atoms with E-state index in [1.807, 2.05) is 30.0 Å². The van der Waals surface area contributed by atoms with Crippen molar-refractivity contribution in [2.24, 2.45) is 5.73 Å². The Kier molecular flexibility index (Phi) is 3.83. The predicted molar refractivity (Wildman–Crippen MR) is 83.6 cm³/mol. The van der Waals surface area contributed by atoms with Gasteiger partial charge in [0.15, 0.2) is 0 Å². The topological polar surface area (TPSA) is 26.0 Å². The lowest BCUT2D eigenvalue weighted by Gasteiger charge is -2.16. The number of benzene rings is 2. The summed E-state index contributed by atoms with van der Waals surface area (Å²) < 4.78 is 0. The number of thioether (sulfide) groups is 1. The molecular formula is C16H16ClNS. The van der Waals surface area contributed by atoms with Crippen LogP contribution in [0.3, 0.4) is 0 Å². The minimum atomic E-state index is 0.142. The van der Waals surface area contributed by atoms with Crippen molar-refractivity contribution in [1.29, 1.82) is 0 Å². The van der Waals surface area contributed by atoms with Gasteiger partial charge in [-0.2, -0.15) is 11.8 Å². The van der Waals surface area contributed by atoms with Gasteiger partial charge < -0.3 is 5.73 Å². The van der Waals surface area contributed by atoms with Gasteiger partial charge in [-0.25, -0.2) is 0 Å². The first kappa shape index (κ1) is 13.0. The van der Waals surface area contributed by atoms with E-state index in [0.29, 0.717) is 5.25 Å². The number of halogens is 1. The summed E-state index contributed by atoms with van der Waals surface area (Å²) in [4.78, 5) is 0. The maximum Gasteiger partial charge on any atom is 0.0446 e. The highest BCUT2D eigenvalue weighted by molar-refractivity contribution is 7.99. The maximum atomic E-state index is 6.34. The third-order valence-electron chi connectivity index (χ3n) is 3.65. The summed E-state index contributed by atoms with van der Waals surface area (Å²) >= 11 is 8.10.